The van der Waals surface area contributed by atoms with Crippen molar-refractivity contribution in [2.24, 2.45) is 0 Å². The molecule has 15 heavy (non-hydrogen) atoms. The van der Waals surface area contributed by atoms with E-state index in [0.717, 1.165) is 12.8 Å². The van der Waals surface area contributed by atoms with E-state index >= 15 is 0 Å². The first-order chi connectivity index (χ1) is 7.08. The fraction of sp³-hybridized carbons (Fsp3) is 1.00. The first kappa shape index (κ1) is 14.8. The van der Waals surface area contributed by atoms with Crippen LogP contribution in [0.5, 0.6) is 0 Å². The van der Waals surface area contributed by atoms with Gasteiger partial charge in [0, 0.05) is 6.04 Å². The minimum absolute atomic E-state index is 0.00196. The third-order valence-electron chi connectivity index (χ3n) is 2.68. The second kappa shape index (κ2) is 8.05. The summed E-state index contributed by atoms with van der Waals surface area (Å²) < 4.78 is 5.41. The molecule has 0 spiro atoms. The highest BCUT2D eigenvalue weighted by molar-refractivity contribution is 4.80. The van der Waals surface area contributed by atoms with E-state index in [2.05, 4.69) is 0 Å². The van der Waals surface area contributed by atoms with Gasteiger partial charge in [0.05, 0.1) is 25.4 Å². The van der Waals surface area contributed by atoms with Gasteiger partial charge < -0.3 is 19.8 Å². The maximum absolute atomic E-state index is 10.1. The first-order valence-electron chi connectivity index (χ1n) is 5.65. The van der Waals surface area contributed by atoms with Crippen molar-refractivity contribution in [3.8, 4) is 0 Å². The quantitative estimate of drug-likeness (QED) is 0.623. The summed E-state index contributed by atoms with van der Waals surface area (Å²) in [6.07, 6.45) is 0.949. The van der Waals surface area contributed by atoms with Crippen molar-refractivity contribution in [1.29, 1.82) is 0 Å². The molecule has 0 radical (unpaired) electrons. The molecular weight excluding hydrogens is 194 g/mol. The summed E-state index contributed by atoms with van der Waals surface area (Å²) >= 11 is 0. The van der Waals surface area contributed by atoms with Gasteiger partial charge >= 0.3 is 0 Å². The Labute approximate surface area is 92.9 Å². The van der Waals surface area contributed by atoms with Gasteiger partial charge in [-0.05, 0) is 26.9 Å². The van der Waals surface area contributed by atoms with E-state index in [1.54, 1.807) is 0 Å². The number of nitrogens with zero attached hydrogens (tertiary/aromatic N) is 1. The Kier molecular flexibility index (Phi) is 7.96. The number of hydrogen-bond donors (Lipinski definition) is 2. The summed E-state index contributed by atoms with van der Waals surface area (Å²) in [6.45, 7) is 4.32. The SMILES string of the molecule is CCC(C(O)[C@H](CC)OCCO)N(C)C. The smallest absolute Gasteiger partial charge is 0.0956 e. The van der Waals surface area contributed by atoms with Gasteiger partial charge in [-0.3, -0.25) is 0 Å². The van der Waals surface area contributed by atoms with E-state index in [1.807, 2.05) is 32.8 Å². The Balaban J connectivity index is 4.26. The van der Waals surface area contributed by atoms with Gasteiger partial charge in [0.1, 0.15) is 0 Å². The Morgan fingerprint density at radius 2 is 1.80 bits per heavy atom. The zero-order chi connectivity index (χ0) is 11.8. The molecule has 0 rings (SSSR count). The minimum atomic E-state index is -0.499. The van der Waals surface area contributed by atoms with Crippen LogP contribution >= 0.6 is 0 Å². The molecule has 3 atom stereocenters. The van der Waals surface area contributed by atoms with Crippen LogP contribution in [-0.4, -0.2) is 60.7 Å². The van der Waals surface area contributed by atoms with Gasteiger partial charge in [0.2, 0.25) is 0 Å². The monoisotopic (exact) mass is 219 g/mol. The van der Waals surface area contributed by atoms with Crippen LogP contribution in [0.25, 0.3) is 0 Å². The van der Waals surface area contributed by atoms with Gasteiger partial charge in [-0.25, -0.2) is 0 Å². The molecule has 92 valence electrons. The molecule has 0 aromatic carbocycles. The van der Waals surface area contributed by atoms with Crippen LogP contribution in [0.3, 0.4) is 0 Å². The maximum Gasteiger partial charge on any atom is 0.0956 e. The lowest BCUT2D eigenvalue weighted by Gasteiger charge is -2.32. The zero-order valence-electron chi connectivity index (χ0n) is 10.3. The van der Waals surface area contributed by atoms with E-state index < -0.39 is 6.10 Å². The van der Waals surface area contributed by atoms with Crippen LogP contribution in [0, 0.1) is 0 Å². The average molecular weight is 219 g/mol. The number of likely N-dealkylation sites (N-methyl/N-ethyl adjacent to an activating group) is 1. The number of aliphatic hydroxyl groups is 2. The second-order valence-electron chi connectivity index (χ2n) is 3.97. The molecule has 0 saturated carbocycles. The predicted octanol–water partition coefficient (Wildman–Crippen LogP) is 0.475. The Morgan fingerprint density at radius 1 is 1.20 bits per heavy atom. The highest BCUT2D eigenvalue weighted by atomic mass is 16.5. The fourth-order valence-electron chi connectivity index (χ4n) is 1.82. The fourth-order valence-corrected chi connectivity index (χ4v) is 1.82. The Morgan fingerprint density at radius 3 is 2.13 bits per heavy atom. The van der Waals surface area contributed by atoms with Crippen LogP contribution < -0.4 is 0 Å². The summed E-state index contributed by atoms with van der Waals surface area (Å²) in [5.74, 6) is 0. The van der Waals surface area contributed by atoms with Crippen molar-refractivity contribution in [2.45, 2.75) is 44.9 Å². The van der Waals surface area contributed by atoms with Crippen molar-refractivity contribution in [3.05, 3.63) is 0 Å². The normalized spacial score (nSPS) is 17.8. The summed E-state index contributed by atoms with van der Waals surface area (Å²) in [6, 6.07) is 0.105. The molecule has 0 aliphatic heterocycles. The molecular formula is C11H25NO3. The van der Waals surface area contributed by atoms with E-state index in [0.29, 0.717) is 6.61 Å². The van der Waals surface area contributed by atoms with E-state index in [9.17, 15) is 5.11 Å². The highest BCUT2D eigenvalue weighted by Crippen LogP contribution is 2.14. The van der Waals surface area contributed by atoms with Gasteiger partial charge in [0.15, 0.2) is 0 Å². The molecule has 0 aliphatic carbocycles. The number of hydrogen-bond acceptors (Lipinski definition) is 4. The molecule has 4 heteroatoms. The van der Waals surface area contributed by atoms with Crippen LogP contribution in [-0.2, 0) is 4.74 Å². The lowest BCUT2D eigenvalue weighted by atomic mass is 10.0. The molecule has 0 aliphatic rings. The summed E-state index contributed by atoms with van der Waals surface area (Å²) in [5, 5.41) is 18.8. The molecule has 0 fully saturated rings. The third-order valence-corrected chi connectivity index (χ3v) is 2.68. The standard InChI is InChI=1S/C11H25NO3/c1-5-9(12(3)4)11(14)10(6-2)15-8-7-13/h9-11,13-14H,5-8H2,1-4H3/t9?,10-,11?/m0/s1. The van der Waals surface area contributed by atoms with Crippen LogP contribution in [0.15, 0.2) is 0 Å². The van der Waals surface area contributed by atoms with Gasteiger partial charge in [-0.15, -0.1) is 0 Å². The molecule has 0 amide bonds. The summed E-state index contributed by atoms with van der Waals surface area (Å²) in [5.41, 5.74) is 0. The molecule has 0 heterocycles. The molecule has 0 aromatic rings. The van der Waals surface area contributed by atoms with Crippen LogP contribution in [0.2, 0.25) is 0 Å². The van der Waals surface area contributed by atoms with Crippen molar-refractivity contribution < 1.29 is 14.9 Å². The predicted molar refractivity (Wildman–Crippen MR) is 60.9 cm³/mol. The van der Waals surface area contributed by atoms with E-state index in [-0.39, 0.29) is 18.8 Å². The molecule has 2 unspecified atom stereocenters. The lowest BCUT2D eigenvalue weighted by molar-refractivity contribution is -0.0763. The van der Waals surface area contributed by atoms with Crippen molar-refractivity contribution in [1.82, 2.24) is 4.90 Å². The first-order valence-corrected chi connectivity index (χ1v) is 5.65. The Bertz CT molecular complexity index is 153. The second-order valence-corrected chi connectivity index (χ2v) is 3.97. The van der Waals surface area contributed by atoms with Gasteiger partial charge in [-0.1, -0.05) is 13.8 Å². The van der Waals surface area contributed by atoms with E-state index in [4.69, 9.17) is 9.84 Å². The van der Waals surface area contributed by atoms with Crippen molar-refractivity contribution >= 4 is 0 Å². The van der Waals surface area contributed by atoms with Crippen molar-refractivity contribution in [2.75, 3.05) is 27.3 Å². The number of rotatable bonds is 8. The molecule has 0 bridgehead atoms. The number of ether oxygens (including phenoxy) is 1. The van der Waals surface area contributed by atoms with E-state index in [1.165, 1.54) is 0 Å². The highest BCUT2D eigenvalue weighted by Gasteiger charge is 2.27. The Hall–Kier alpha value is -0.160. The average Bonchev–Trinajstić information content (AvgIpc) is 2.19. The lowest BCUT2D eigenvalue weighted by Crippen LogP contribution is -2.46. The number of aliphatic hydroxyl groups excluding tert-OH is 2. The molecule has 0 aromatic heterocycles. The minimum Gasteiger partial charge on any atom is -0.394 e. The zero-order valence-corrected chi connectivity index (χ0v) is 10.3. The summed E-state index contributed by atoms with van der Waals surface area (Å²) in [7, 11) is 3.91. The van der Waals surface area contributed by atoms with Gasteiger partial charge in [0.25, 0.3) is 0 Å². The maximum atomic E-state index is 10.1. The van der Waals surface area contributed by atoms with Gasteiger partial charge in [-0.2, -0.15) is 0 Å². The molecule has 4 nitrogen and oxygen atoms in total. The third kappa shape index (κ3) is 4.93. The van der Waals surface area contributed by atoms with Crippen LogP contribution in [0.4, 0.5) is 0 Å². The van der Waals surface area contributed by atoms with Crippen molar-refractivity contribution in [3.63, 3.8) is 0 Å². The molecule has 2 N–H and O–H groups in total. The largest absolute Gasteiger partial charge is 0.394 e. The summed E-state index contributed by atoms with van der Waals surface area (Å²) in [4.78, 5) is 2.01. The topological polar surface area (TPSA) is 52.9 Å². The molecule has 0 saturated heterocycles. The van der Waals surface area contributed by atoms with Crippen LogP contribution in [0.1, 0.15) is 26.7 Å².